The molecule has 1 fully saturated rings. The maximum Gasteiger partial charge on any atom is 0.327 e. The molecule has 0 bridgehead atoms. The molecule has 1 saturated heterocycles. The Labute approximate surface area is 120 Å². The van der Waals surface area contributed by atoms with Gasteiger partial charge in [-0.05, 0) is 6.42 Å². The Morgan fingerprint density at radius 3 is 3.05 bits per heavy atom. The fraction of sp³-hybridized carbons (Fsp3) is 0.583. The number of aliphatic carboxylic acids is 1. The van der Waals surface area contributed by atoms with Crippen molar-refractivity contribution in [1.29, 1.82) is 0 Å². The van der Waals surface area contributed by atoms with Gasteiger partial charge in [-0.3, -0.25) is 4.90 Å². The van der Waals surface area contributed by atoms with E-state index in [1.807, 2.05) is 6.92 Å². The number of aromatic nitrogens is 1. The highest BCUT2D eigenvalue weighted by Crippen LogP contribution is 2.32. The fourth-order valence-corrected chi connectivity index (χ4v) is 3.59. The van der Waals surface area contributed by atoms with E-state index in [0.29, 0.717) is 11.4 Å². The van der Waals surface area contributed by atoms with Crippen LogP contribution in [0.15, 0.2) is 16.9 Å². The Morgan fingerprint density at radius 1 is 1.65 bits per heavy atom. The molecule has 0 spiro atoms. The lowest BCUT2D eigenvalue weighted by molar-refractivity contribution is -0.141. The molecular formula is C12H17N3O4S. The molecule has 2 rings (SSSR count). The first-order chi connectivity index (χ1) is 9.63. The lowest BCUT2D eigenvalue weighted by Crippen LogP contribution is -2.50. The first kappa shape index (κ1) is 14.7. The summed E-state index contributed by atoms with van der Waals surface area (Å²) in [4.78, 5) is 24.9. The van der Waals surface area contributed by atoms with E-state index in [0.717, 1.165) is 12.8 Å². The minimum Gasteiger partial charge on any atom is -0.480 e. The Morgan fingerprint density at radius 2 is 2.45 bits per heavy atom. The number of rotatable bonds is 5. The van der Waals surface area contributed by atoms with Gasteiger partial charge in [-0.2, -0.15) is 0 Å². The number of urea groups is 1. The second-order valence-electron chi connectivity index (χ2n) is 4.49. The highest BCUT2D eigenvalue weighted by atomic mass is 32.2. The van der Waals surface area contributed by atoms with Gasteiger partial charge in [0.15, 0.2) is 0 Å². The van der Waals surface area contributed by atoms with E-state index >= 15 is 0 Å². The summed E-state index contributed by atoms with van der Waals surface area (Å²) < 4.78 is 4.68. The molecule has 8 heteroatoms. The summed E-state index contributed by atoms with van der Waals surface area (Å²) in [6.45, 7) is 2.24. The molecule has 1 aromatic rings. The van der Waals surface area contributed by atoms with Crippen molar-refractivity contribution in [2.45, 2.75) is 37.7 Å². The zero-order chi connectivity index (χ0) is 14.5. The third-order valence-electron chi connectivity index (χ3n) is 3.06. The zero-order valence-electron chi connectivity index (χ0n) is 11.1. The van der Waals surface area contributed by atoms with Crippen molar-refractivity contribution in [3.63, 3.8) is 0 Å². The van der Waals surface area contributed by atoms with Gasteiger partial charge in [-0.25, -0.2) is 9.59 Å². The van der Waals surface area contributed by atoms with Crippen LogP contribution in [0.1, 0.15) is 25.5 Å². The molecule has 20 heavy (non-hydrogen) atoms. The van der Waals surface area contributed by atoms with Gasteiger partial charge in [-0.1, -0.05) is 18.5 Å². The lowest BCUT2D eigenvalue weighted by atomic mass is 10.2. The van der Waals surface area contributed by atoms with Crippen molar-refractivity contribution in [3.05, 3.63) is 18.0 Å². The molecule has 2 heterocycles. The molecule has 0 aromatic carbocycles. The van der Waals surface area contributed by atoms with Gasteiger partial charge in [-0.15, -0.1) is 11.8 Å². The maximum atomic E-state index is 12.2. The first-order valence-corrected chi connectivity index (χ1v) is 7.48. The van der Waals surface area contributed by atoms with Crippen LogP contribution in [0.2, 0.25) is 0 Å². The second-order valence-corrected chi connectivity index (χ2v) is 5.70. The molecule has 0 aliphatic carbocycles. The molecule has 110 valence electrons. The van der Waals surface area contributed by atoms with Crippen LogP contribution in [-0.4, -0.2) is 44.3 Å². The van der Waals surface area contributed by atoms with Crippen LogP contribution in [0, 0.1) is 0 Å². The van der Waals surface area contributed by atoms with Gasteiger partial charge in [0.05, 0.1) is 11.9 Å². The van der Waals surface area contributed by atoms with Crippen molar-refractivity contribution in [2.24, 2.45) is 0 Å². The Kier molecular flexibility index (Phi) is 4.89. The number of hydrogen-bond acceptors (Lipinski definition) is 5. The molecule has 0 saturated carbocycles. The van der Waals surface area contributed by atoms with Gasteiger partial charge < -0.3 is 14.9 Å². The quantitative estimate of drug-likeness (QED) is 0.855. The number of thioether (sulfide) groups is 1. The van der Waals surface area contributed by atoms with Crippen LogP contribution < -0.4 is 5.32 Å². The maximum absolute atomic E-state index is 12.2. The van der Waals surface area contributed by atoms with E-state index in [-0.39, 0.29) is 17.9 Å². The van der Waals surface area contributed by atoms with Crippen LogP contribution in [0.4, 0.5) is 4.79 Å². The third kappa shape index (κ3) is 3.24. The number of carboxylic acid groups (broad SMARTS) is 1. The van der Waals surface area contributed by atoms with Crippen molar-refractivity contribution in [3.8, 4) is 0 Å². The number of carbonyl (C=O) groups is 2. The van der Waals surface area contributed by atoms with Crippen LogP contribution in [0.5, 0.6) is 0 Å². The molecule has 2 unspecified atom stereocenters. The van der Waals surface area contributed by atoms with E-state index in [1.165, 1.54) is 22.9 Å². The Hall–Kier alpha value is -1.70. The molecular weight excluding hydrogens is 282 g/mol. The molecule has 1 aliphatic rings. The predicted octanol–water partition coefficient (Wildman–Crippen LogP) is 1.51. The standard InChI is InChI=1S/C12H17N3O4S/c1-2-3-10-15(9(7-20-10)11(16)17)12(18)13-6-8-4-5-19-14-8/h4-5,9-10H,2-3,6-7H2,1H3,(H,13,18)(H,16,17). The average Bonchev–Trinajstić information content (AvgIpc) is 3.05. The van der Waals surface area contributed by atoms with E-state index in [1.54, 1.807) is 6.07 Å². The SMILES string of the molecule is CCCC1SCC(C(=O)O)N1C(=O)NCc1ccon1. The summed E-state index contributed by atoms with van der Waals surface area (Å²) in [5.74, 6) is -0.537. The average molecular weight is 299 g/mol. The van der Waals surface area contributed by atoms with Crippen molar-refractivity contribution < 1.29 is 19.2 Å². The number of nitrogens with one attached hydrogen (secondary N) is 1. The van der Waals surface area contributed by atoms with Crippen LogP contribution >= 0.6 is 11.8 Å². The number of carboxylic acids is 1. The first-order valence-electron chi connectivity index (χ1n) is 6.43. The monoisotopic (exact) mass is 299 g/mol. The highest BCUT2D eigenvalue weighted by molar-refractivity contribution is 8.00. The highest BCUT2D eigenvalue weighted by Gasteiger charge is 2.41. The third-order valence-corrected chi connectivity index (χ3v) is 4.42. The second kappa shape index (κ2) is 6.65. The van der Waals surface area contributed by atoms with Gasteiger partial charge >= 0.3 is 12.0 Å². The smallest absolute Gasteiger partial charge is 0.327 e. The summed E-state index contributed by atoms with van der Waals surface area (Å²) in [5, 5.41) is 15.5. The molecule has 2 atom stereocenters. The minimum atomic E-state index is -0.965. The van der Waals surface area contributed by atoms with Crippen molar-refractivity contribution >= 4 is 23.8 Å². The van der Waals surface area contributed by atoms with Crippen LogP contribution in [0.25, 0.3) is 0 Å². The minimum absolute atomic E-state index is 0.0848. The number of carbonyl (C=O) groups excluding carboxylic acids is 1. The molecule has 1 aromatic heterocycles. The number of amides is 2. The summed E-state index contributed by atoms with van der Waals surface area (Å²) in [7, 11) is 0. The lowest BCUT2D eigenvalue weighted by Gasteiger charge is -2.27. The number of hydrogen-bond donors (Lipinski definition) is 2. The molecule has 2 amide bonds. The van der Waals surface area contributed by atoms with E-state index in [4.69, 9.17) is 0 Å². The topological polar surface area (TPSA) is 95.7 Å². The van der Waals surface area contributed by atoms with Gasteiger partial charge in [0, 0.05) is 11.8 Å². The number of nitrogens with zero attached hydrogens (tertiary/aromatic N) is 2. The summed E-state index contributed by atoms with van der Waals surface area (Å²) >= 11 is 1.51. The van der Waals surface area contributed by atoms with Gasteiger partial charge in [0.25, 0.3) is 0 Å². The van der Waals surface area contributed by atoms with Crippen molar-refractivity contribution in [1.82, 2.24) is 15.4 Å². The van der Waals surface area contributed by atoms with E-state index < -0.39 is 12.0 Å². The predicted molar refractivity (Wildman–Crippen MR) is 73.2 cm³/mol. The van der Waals surface area contributed by atoms with E-state index in [2.05, 4.69) is 15.0 Å². The zero-order valence-corrected chi connectivity index (χ0v) is 11.9. The summed E-state index contributed by atoms with van der Waals surface area (Å²) in [6, 6.07) is 0.509. The van der Waals surface area contributed by atoms with Gasteiger partial charge in [0.2, 0.25) is 0 Å². The normalized spacial score (nSPS) is 21.9. The van der Waals surface area contributed by atoms with Crippen LogP contribution in [-0.2, 0) is 11.3 Å². The molecule has 2 N–H and O–H groups in total. The Bertz CT molecular complexity index is 465. The van der Waals surface area contributed by atoms with Gasteiger partial charge in [0.1, 0.15) is 18.0 Å². The molecule has 0 radical (unpaired) electrons. The fourth-order valence-electron chi connectivity index (χ4n) is 2.08. The van der Waals surface area contributed by atoms with E-state index in [9.17, 15) is 14.7 Å². The Balaban J connectivity index is 2.00. The molecule has 1 aliphatic heterocycles. The summed E-state index contributed by atoms with van der Waals surface area (Å²) in [6.07, 6.45) is 3.11. The summed E-state index contributed by atoms with van der Waals surface area (Å²) in [5.41, 5.74) is 0.601. The largest absolute Gasteiger partial charge is 0.480 e. The van der Waals surface area contributed by atoms with Crippen molar-refractivity contribution in [2.75, 3.05) is 5.75 Å². The van der Waals surface area contributed by atoms with Crippen LogP contribution in [0.3, 0.4) is 0 Å². The molecule has 7 nitrogen and oxygen atoms in total.